The Hall–Kier alpha value is -1.45. The Labute approximate surface area is 111 Å². The van der Waals surface area contributed by atoms with E-state index in [9.17, 15) is 13.2 Å². The van der Waals surface area contributed by atoms with Gasteiger partial charge in [0.05, 0.1) is 6.20 Å². The fourth-order valence-corrected chi connectivity index (χ4v) is 2.62. The molecule has 0 aliphatic heterocycles. The van der Waals surface area contributed by atoms with Gasteiger partial charge in [-0.2, -0.15) is 5.10 Å². The number of nitrogens with zero attached hydrogens (tertiary/aromatic N) is 2. The maximum atomic E-state index is 11.9. The van der Waals surface area contributed by atoms with Gasteiger partial charge in [0, 0.05) is 6.54 Å². The monoisotopic (exact) mass is 290 g/mol. The first-order chi connectivity index (χ1) is 8.84. The molecule has 0 fully saturated rings. The summed E-state index contributed by atoms with van der Waals surface area (Å²) in [5, 5.41) is 14.1. The number of aromatic carboxylic acids is 1. The Morgan fingerprint density at radius 1 is 1.47 bits per heavy atom. The number of unbranched alkanes of at least 4 members (excludes halogenated alkanes) is 1. The van der Waals surface area contributed by atoms with Crippen LogP contribution in [0.5, 0.6) is 0 Å². The van der Waals surface area contributed by atoms with E-state index in [0.29, 0.717) is 6.42 Å². The van der Waals surface area contributed by atoms with Crippen molar-refractivity contribution >= 4 is 16.0 Å². The molecule has 0 saturated carbocycles. The first-order valence-corrected chi connectivity index (χ1v) is 7.24. The number of carboxylic acids is 1. The highest BCUT2D eigenvalue weighted by Gasteiger charge is 2.24. The Bertz CT molecular complexity index is 523. The van der Waals surface area contributed by atoms with E-state index in [4.69, 9.17) is 5.11 Å². The zero-order chi connectivity index (χ0) is 14.5. The lowest BCUT2D eigenvalue weighted by atomic mass is 10.3. The summed E-state index contributed by atoms with van der Waals surface area (Å²) >= 11 is 0. The van der Waals surface area contributed by atoms with Gasteiger partial charge in [-0.05, 0) is 33.5 Å². The van der Waals surface area contributed by atoms with Crippen LogP contribution in [0.4, 0.5) is 0 Å². The molecule has 0 aliphatic carbocycles. The van der Waals surface area contributed by atoms with Crippen molar-refractivity contribution in [2.45, 2.75) is 17.9 Å². The predicted octanol–water partition coefficient (Wildman–Crippen LogP) is -0.272. The molecule has 0 unspecified atom stereocenters. The third-order valence-electron chi connectivity index (χ3n) is 2.43. The summed E-state index contributed by atoms with van der Waals surface area (Å²) in [6.07, 6.45) is 2.50. The van der Waals surface area contributed by atoms with Gasteiger partial charge in [0.1, 0.15) is 5.56 Å². The summed E-state index contributed by atoms with van der Waals surface area (Å²) in [6, 6.07) is 0. The molecule has 1 heterocycles. The third-order valence-corrected chi connectivity index (χ3v) is 3.86. The van der Waals surface area contributed by atoms with E-state index in [2.05, 4.69) is 14.9 Å². The molecule has 1 rings (SSSR count). The molecule has 3 N–H and O–H groups in total. The number of carboxylic acid groups (broad SMARTS) is 1. The summed E-state index contributed by atoms with van der Waals surface area (Å²) in [5.41, 5.74) is -0.360. The molecule has 0 aromatic carbocycles. The van der Waals surface area contributed by atoms with Gasteiger partial charge < -0.3 is 10.0 Å². The molecule has 0 bridgehead atoms. The van der Waals surface area contributed by atoms with E-state index in [1.54, 1.807) is 0 Å². The smallest absolute Gasteiger partial charge is 0.340 e. The lowest BCUT2D eigenvalue weighted by Crippen LogP contribution is -2.27. The van der Waals surface area contributed by atoms with Crippen molar-refractivity contribution in [1.29, 1.82) is 0 Å². The van der Waals surface area contributed by atoms with Crippen molar-refractivity contribution in [3.8, 4) is 0 Å². The number of hydrogen-bond donors (Lipinski definition) is 3. The summed E-state index contributed by atoms with van der Waals surface area (Å²) in [4.78, 5) is 12.8. The first-order valence-electron chi connectivity index (χ1n) is 5.75. The van der Waals surface area contributed by atoms with E-state index in [1.807, 2.05) is 19.0 Å². The number of aromatic amines is 1. The van der Waals surface area contributed by atoms with Gasteiger partial charge in [0.2, 0.25) is 0 Å². The average Bonchev–Trinajstić information content (AvgIpc) is 2.77. The lowest BCUT2D eigenvalue weighted by molar-refractivity contribution is 0.0692. The molecular formula is C10H18N4O4S. The van der Waals surface area contributed by atoms with E-state index in [0.717, 1.165) is 19.2 Å². The minimum atomic E-state index is -3.86. The van der Waals surface area contributed by atoms with Crippen LogP contribution in [0, 0.1) is 0 Å². The van der Waals surface area contributed by atoms with Crippen molar-refractivity contribution < 1.29 is 18.3 Å². The highest BCUT2D eigenvalue weighted by Crippen LogP contribution is 2.11. The van der Waals surface area contributed by atoms with Crippen LogP contribution in [-0.4, -0.2) is 61.8 Å². The van der Waals surface area contributed by atoms with Crippen molar-refractivity contribution in [3.63, 3.8) is 0 Å². The molecule has 0 saturated heterocycles. The van der Waals surface area contributed by atoms with Gasteiger partial charge in [0.25, 0.3) is 10.0 Å². The lowest BCUT2D eigenvalue weighted by Gasteiger charge is -2.09. The zero-order valence-corrected chi connectivity index (χ0v) is 11.7. The molecule has 0 amide bonds. The summed E-state index contributed by atoms with van der Waals surface area (Å²) in [5.74, 6) is -1.33. The Kier molecular flexibility index (Phi) is 5.45. The SMILES string of the molecule is CN(C)CCCCNS(=O)(=O)c1[nH]ncc1C(=O)O. The van der Waals surface area contributed by atoms with Crippen LogP contribution in [0.3, 0.4) is 0 Å². The molecule has 108 valence electrons. The van der Waals surface area contributed by atoms with Crippen molar-refractivity contribution in [1.82, 2.24) is 19.8 Å². The molecule has 8 nitrogen and oxygen atoms in total. The Morgan fingerprint density at radius 3 is 2.74 bits per heavy atom. The molecule has 0 atom stereocenters. The molecule has 0 aliphatic rings. The summed E-state index contributed by atoms with van der Waals surface area (Å²) in [7, 11) is 0.0210. The van der Waals surface area contributed by atoms with E-state index in [-0.39, 0.29) is 12.1 Å². The predicted molar refractivity (Wildman–Crippen MR) is 68.5 cm³/mol. The number of nitrogens with one attached hydrogen (secondary N) is 2. The summed E-state index contributed by atoms with van der Waals surface area (Å²) in [6.45, 7) is 1.13. The average molecular weight is 290 g/mol. The van der Waals surface area contributed by atoms with E-state index >= 15 is 0 Å². The molecule has 0 radical (unpaired) electrons. The van der Waals surface area contributed by atoms with Crippen molar-refractivity contribution in [2.24, 2.45) is 0 Å². The van der Waals surface area contributed by atoms with Gasteiger partial charge in [-0.3, -0.25) is 5.10 Å². The quantitative estimate of drug-likeness (QED) is 0.568. The number of H-pyrrole nitrogens is 1. The molecule has 0 spiro atoms. The van der Waals surface area contributed by atoms with E-state index < -0.39 is 21.0 Å². The largest absolute Gasteiger partial charge is 0.478 e. The van der Waals surface area contributed by atoms with Crippen LogP contribution in [-0.2, 0) is 10.0 Å². The number of sulfonamides is 1. The maximum absolute atomic E-state index is 11.9. The van der Waals surface area contributed by atoms with Gasteiger partial charge >= 0.3 is 5.97 Å². The Morgan fingerprint density at radius 2 is 2.16 bits per heavy atom. The van der Waals surface area contributed by atoms with Gasteiger partial charge in [0.15, 0.2) is 5.03 Å². The van der Waals surface area contributed by atoms with Gasteiger partial charge in [-0.15, -0.1) is 0 Å². The van der Waals surface area contributed by atoms with Crippen LogP contribution in [0.15, 0.2) is 11.2 Å². The van der Waals surface area contributed by atoms with Gasteiger partial charge in [-0.25, -0.2) is 17.9 Å². The zero-order valence-electron chi connectivity index (χ0n) is 10.9. The minimum absolute atomic E-state index is 0.258. The minimum Gasteiger partial charge on any atom is -0.478 e. The fourth-order valence-electron chi connectivity index (χ4n) is 1.46. The van der Waals surface area contributed by atoms with Crippen molar-refractivity contribution in [2.75, 3.05) is 27.2 Å². The number of aromatic nitrogens is 2. The number of hydrogen-bond acceptors (Lipinski definition) is 5. The Balaban J connectivity index is 2.57. The summed E-state index contributed by atoms with van der Waals surface area (Å²) < 4.78 is 26.1. The van der Waals surface area contributed by atoms with Crippen LogP contribution in [0.25, 0.3) is 0 Å². The molecule has 19 heavy (non-hydrogen) atoms. The highest BCUT2D eigenvalue weighted by atomic mass is 32.2. The van der Waals surface area contributed by atoms with Crippen LogP contribution in [0.1, 0.15) is 23.2 Å². The maximum Gasteiger partial charge on any atom is 0.340 e. The second-order valence-electron chi connectivity index (χ2n) is 4.33. The third kappa shape index (κ3) is 4.62. The second kappa shape index (κ2) is 6.64. The normalized spacial score (nSPS) is 11.9. The van der Waals surface area contributed by atoms with Gasteiger partial charge in [-0.1, -0.05) is 0 Å². The topological polar surface area (TPSA) is 115 Å². The fraction of sp³-hybridized carbons (Fsp3) is 0.600. The number of carbonyl (C=O) groups is 1. The second-order valence-corrected chi connectivity index (χ2v) is 6.03. The number of rotatable bonds is 8. The van der Waals surface area contributed by atoms with Crippen LogP contribution >= 0.6 is 0 Å². The molecular weight excluding hydrogens is 272 g/mol. The molecule has 1 aromatic heterocycles. The van der Waals surface area contributed by atoms with Crippen LogP contribution in [0.2, 0.25) is 0 Å². The molecule has 9 heteroatoms. The van der Waals surface area contributed by atoms with Crippen molar-refractivity contribution in [3.05, 3.63) is 11.8 Å². The standard InChI is InChI=1S/C10H18N4O4S/c1-14(2)6-4-3-5-12-19(17,18)9-8(10(15)16)7-11-13-9/h7,12H,3-6H2,1-2H3,(H,11,13)(H,15,16). The van der Waals surface area contributed by atoms with Crippen LogP contribution < -0.4 is 4.72 Å². The molecule has 1 aromatic rings. The van der Waals surface area contributed by atoms with E-state index in [1.165, 1.54) is 0 Å². The highest BCUT2D eigenvalue weighted by molar-refractivity contribution is 7.89. The first kappa shape index (κ1) is 15.6.